The van der Waals surface area contributed by atoms with E-state index in [1.807, 2.05) is 25.1 Å². The number of aromatic carboxylic acids is 1. The molecule has 0 atom stereocenters. The number of para-hydroxylation sites is 1. The zero-order valence-corrected chi connectivity index (χ0v) is 12.6. The second kappa shape index (κ2) is 6.95. The zero-order chi connectivity index (χ0) is 16.1. The van der Waals surface area contributed by atoms with E-state index in [-0.39, 0.29) is 22.9 Å². The Morgan fingerprint density at radius 3 is 2.64 bits per heavy atom. The predicted octanol–water partition coefficient (Wildman–Crippen LogP) is 3.36. The van der Waals surface area contributed by atoms with Crippen LogP contribution < -0.4 is 10.1 Å². The van der Waals surface area contributed by atoms with Gasteiger partial charge in [-0.15, -0.1) is 0 Å². The number of carboxylic acids is 1. The highest BCUT2D eigenvalue weighted by Gasteiger charge is 2.13. The first-order chi connectivity index (χ1) is 10.5. The average molecular weight is 320 g/mol. The first kappa shape index (κ1) is 15.9. The number of rotatable bonds is 5. The number of aryl methyl sites for hydroxylation is 1. The van der Waals surface area contributed by atoms with Crippen molar-refractivity contribution >= 4 is 29.2 Å². The van der Waals surface area contributed by atoms with Crippen molar-refractivity contribution < 1.29 is 19.4 Å². The van der Waals surface area contributed by atoms with Crippen LogP contribution in [0.3, 0.4) is 0 Å². The molecule has 6 heteroatoms. The Morgan fingerprint density at radius 2 is 1.95 bits per heavy atom. The normalized spacial score (nSPS) is 10.1. The summed E-state index contributed by atoms with van der Waals surface area (Å²) in [7, 11) is 0. The minimum atomic E-state index is -1.17. The van der Waals surface area contributed by atoms with Crippen LogP contribution in [0.15, 0.2) is 42.5 Å². The van der Waals surface area contributed by atoms with Crippen LogP contribution in [0.2, 0.25) is 5.02 Å². The molecule has 1 amide bonds. The van der Waals surface area contributed by atoms with E-state index >= 15 is 0 Å². The third kappa shape index (κ3) is 3.99. The minimum Gasteiger partial charge on any atom is -0.483 e. The summed E-state index contributed by atoms with van der Waals surface area (Å²) >= 11 is 5.76. The van der Waals surface area contributed by atoms with Crippen LogP contribution in [0.25, 0.3) is 0 Å². The third-order valence-electron chi connectivity index (χ3n) is 2.94. The van der Waals surface area contributed by atoms with Crippen LogP contribution >= 0.6 is 11.6 Å². The summed E-state index contributed by atoms with van der Waals surface area (Å²) in [5, 5.41) is 11.9. The molecule has 0 aliphatic rings. The Balaban J connectivity index is 2.04. The number of anilines is 1. The lowest BCUT2D eigenvalue weighted by Crippen LogP contribution is -2.21. The Morgan fingerprint density at radius 1 is 1.23 bits per heavy atom. The van der Waals surface area contributed by atoms with Gasteiger partial charge in [-0.05, 0) is 36.8 Å². The van der Waals surface area contributed by atoms with E-state index in [1.165, 1.54) is 18.2 Å². The van der Waals surface area contributed by atoms with E-state index < -0.39 is 11.9 Å². The van der Waals surface area contributed by atoms with Crippen molar-refractivity contribution in [3.8, 4) is 5.75 Å². The van der Waals surface area contributed by atoms with Crippen molar-refractivity contribution in [3.05, 3.63) is 58.6 Å². The van der Waals surface area contributed by atoms with Gasteiger partial charge in [0.15, 0.2) is 6.61 Å². The Bertz CT molecular complexity index is 715. The highest BCUT2D eigenvalue weighted by molar-refractivity contribution is 6.31. The lowest BCUT2D eigenvalue weighted by molar-refractivity contribution is -0.118. The molecule has 0 spiro atoms. The number of benzene rings is 2. The standard InChI is InChI=1S/C16H14ClNO4/c1-10-4-2-3-5-14(10)22-9-15(19)18-13-7-6-11(17)8-12(13)16(20)21/h2-8H,9H2,1H3,(H,18,19)(H,20,21). The first-order valence-electron chi connectivity index (χ1n) is 6.48. The smallest absolute Gasteiger partial charge is 0.337 e. The molecule has 22 heavy (non-hydrogen) atoms. The van der Waals surface area contributed by atoms with E-state index in [0.717, 1.165) is 5.56 Å². The summed E-state index contributed by atoms with van der Waals surface area (Å²) in [5.41, 5.74) is 1.01. The van der Waals surface area contributed by atoms with E-state index in [9.17, 15) is 9.59 Å². The zero-order valence-electron chi connectivity index (χ0n) is 11.8. The molecular formula is C16H14ClNO4. The van der Waals surface area contributed by atoms with E-state index in [0.29, 0.717) is 5.75 Å². The van der Waals surface area contributed by atoms with Gasteiger partial charge in [0, 0.05) is 5.02 Å². The molecule has 0 unspecified atom stereocenters. The van der Waals surface area contributed by atoms with Crippen molar-refractivity contribution in [1.82, 2.24) is 0 Å². The molecule has 0 radical (unpaired) electrons. The van der Waals surface area contributed by atoms with Crippen molar-refractivity contribution in [3.63, 3.8) is 0 Å². The molecule has 2 aromatic rings. The van der Waals surface area contributed by atoms with Gasteiger partial charge in [-0.3, -0.25) is 4.79 Å². The number of ether oxygens (including phenoxy) is 1. The van der Waals surface area contributed by atoms with Gasteiger partial charge in [-0.25, -0.2) is 4.79 Å². The fourth-order valence-corrected chi connectivity index (χ4v) is 2.02. The summed E-state index contributed by atoms with van der Waals surface area (Å²) < 4.78 is 5.41. The van der Waals surface area contributed by atoms with E-state index in [2.05, 4.69) is 5.32 Å². The van der Waals surface area contributed by atoms with Crippen LogP contribution in [0, 0.1) is 6.92 Å². The third-order valence-corrected chi connectivity index (χ3v) is 3.17. The fraction of sp³-hybridized carbons (Fsp3) is 0.125. The van der Waals surface area contributed by atoms with Crippen LogP contribution in [-0.4, -0.2) is 23.6 Å². The number of carbonyl (C=O) groups excluding carboxylic acids is 1. The van der Waals surface area contributed by atoms with Gasteiger partial charge in [0.2, 0.25) is 0 Å². The summed E-state index contributed by atoms with van der Waals surface area (Å²) in [4.78, 5) is 23.0. The second-order valence-corrected chi connectivity index (χ2v) is 5.03. The highest BCUT2D eigenvalue weighted by atomic mass is 35.5. The SMILES string of the molecule is Cc1ccccc1OCC(=O)Nc1ccc(Cl)cc1C(=O)O. The quantitative estimate of drug-likeness (QED) is 0.886. The maximum absolute atomic E-state index is 11.9. The number of carboxylic acid groups (broad SMARTS) is 1. The van der Waals surface area contributed by atoms with Crippen LogP contribution in [0.5, 0.6) is 5.75 Å². The first-order valence-corrected chi connectivity index (χ1v) is 6.86. The molecule has 114 valence electrons. The van der Waals surface area contributed by atoms with Gasteiger partial charge in [0.1, 0.15) is 5.75 Å². The molecule has 0 heterocycles. The van der Waals surface area contributed by atoms with Crippen molar-refractivity contribution in [1.29, 1.82) is 0 Å². The molecule has 0 bridgehead atoms. The average Bonchev–Trinajstić information content (AvgIpc) is 2.48. The summed E-state index contributed by atoms with van der Waals surface area (Å²) in [6, 6.07) is 11.5. The molecule has 2 N–H and O–H groups in total. The predicted molar refractivity (Wildman–Crippen MR) is 83.7 cm³/mol. The monoisotopic (exact) mass is 319 g/mol. The Labute approximate surface area is 132 Å². The van der Waals surface area contributed by atoms with Crippen LogP contribution in [0.1, 0.15) is 15.9 Å². The fourth-order valence-electron chi connectivity index (χ4n) is 1.85. The van der Waals surface area contributed by atoms with Gasteiger partial charge < -0.3 is 15.2 Å². The molecule has 0 fully saturated rings. The number of hydrogen-bond donors (Lipinski definition) is 2. The topological polar surface area (TPSA) is 75.6 Å². The summed E-state index contributed by atoms with van der Waals surface area (Å²) in [5.74, 6) is -1.02. The lowest BCUT2D eigenvalue weighted by Gasteiger charge is -2.11. The number of nitrogens with one attached hydrogen (secondary N) is 1. The molecular weight excluding hydrogens is 306 g/mol. The molecule has 0 saturated carbocycles. The number of halogens is 1. The number of amides is 1. The number of carbonyl (C=O) groups is 2. The van der Waals surface area contributed by atoms with Gasteiger partial charge in [0.25, 0.3) is 5.91 Å². The summed E-state index contributed by atoms with van der Waals surface area (Å²) in [6.07, 6.45) is 0. The minimum absolute atomic E-state index is 0.0725. The summed E-state index contributed by atoms with van der Waals surface area (Å²) in [6.45, 7) is 1.65. The molecule has 0 saturated heterocycles. The molecule has 2 rings (SSSR count). The van der Waals surface area contributed by atoms with E-state index in [1.54, 1.807) is 6.07 Å². The maximum atomic E-state index is 11.9. The molecule has 5 nitrogen and oxygen atoms in total. The molecule has 0 aliphatic carbocycles. The van der Waals surface area contributed by atoms with E-state index in [4.69, 9.17) is 21.4 Å². The van der Waals surface area contributed by atoms with Gasteiger partial charge in [-0.1, -0.05) is 29.8 Å². The van der Waals surface area contributed by atoms with Crippen LogP contribution in [-0.2, 0) is 4.79 Å². The molecule has 0 aliphatic heterocycles. The Kier molecular flexibility index (Phi) is 5.01. The van der Waals surface area contributed by atoms with Gasteiger partial charge in [-0.2, -0.15) is 0 Å². The van der Waals surface area contributed by atoms with Crippen molar-refractivity contribution in [2.45, 2.75) is 6.92 Å². The van der Waals surface area contributed by atoms with Gasteiger partial charge >= 0.3 is 5.97 Å². The maximum Gasteiger partial charge on any atom is 0.337 e. The lowest BCUT2D eigenvalue weighted by atomic mass is 10.2. The number of hydrogen-bond acceptors (Lipinski definition) is 3. The van der Waals surface area contributed by atoms with Gasteiger partial charge in [0.05, 0.1) is 11.3 Å². The van der Waals surface area contributed by atoms with Crippen molar-refractivity contribution in [2.75, 3.05) is 11.9 Å². The van der Waals surface area contributed by atoms with Crippen LogP contribution in [0.4, 0.5) is 5.69 Å². The Hall–Kier alpha value is -2.53. The highest BCUT2D eigenvalue weighted by Crippen LogP contribution is 2.21. The molecule has 0 aromatic heterocycles. The molecule has 2 aromatic carbocycles. The van der Waals surface area contributed by atoms with Crippen molar-refractivity contribution in [2.24, 2.45) is 0 Å². The largest absolute Gasteiger partial charge is 0.483 e. The second-order valence-electron chi connectivity index (χ2n) is 4.60.